The van der Waals surface area contributed by atoms with Gasteiger partial charge in [0.25, 0.3) is 11.3 Å². The van der Waals surface area contributed by atoms with Gasteiger partial charge in [0, 0.05) is 13.1 Å². The molecule has 30 heavy (non-hydrogen) atoms. The Bertz CT molecular complexity index is 1080. The van der Waals surface area contributed by atoms with Crippen molar-refractivity contribution < 1.29 is 9.32 Å². The summed E-state index contributed by atoms with van der Waals surface area (Å²) in [5, 5.41) is 7.05. The highest BCUT2D eigenvalue weighted by atomic mass is 16.5. The van der Waals surface area contributed by atoms with Crippen LogP contribution in [0.2, 0.25) is 0 Å². The van der Waals surface area contributed by atoms with Gasteiger partial charge >= 0.3 is 0 Å². The first-order chi connectivity index (χ1) is 14.5. The Labute approximate surface area is 174 Å². The number of aromatic nitrogens is 3. The van der Waals surface area contributed by atoms with E-state index in [9.17, 15) is 9.59 Å². The van der Waals surface area contributed by atoms with Crippen molar-refractivity contribution >= 4 is 17.0 Å². The predicted molar refractivity (Wildman–Crippen MR) is 113 cm³/mol. The van der Waals surface area contributed by atoms with Gasteiger partial charge in [0.15, 0.2) is 0 Å². The highest BCUT2D eigenvalue weighted by molar-refractivity contribution is 5.77. The van der Waals surface area contributed by atoms with Gasteiger partial charge in [0.2, 0.25) is 5.91 Å². The second-order valence-electron chi connectivity index (χ2n) is 8.13. The number of nitrogens with zero attached hydrogens (tertiary/aromatic N) is 4. The van der Waals surface area contributed by atoms with E-state index in [1.54, 1.807) is 6.92 Å². The molecule has 0 atom stereocenters. The number of carbonyl (C=O) groups excluding carboxylic acids is 1. The summed E-state index contributed by atoms with van der Waals surface area (Å²) in [5.74, 6) is 0.273. The minimum absolute atomic E-state index is 0.0569. The minimum Gasteiger partial charge on any atom is -0.354 e. The van der Waals surface area contributed by atoms with Crippen LogP contribution in [0.1, 0.15) is 29.7 Å². The molecule has 8 nitrogen and oxygen atoms in total. The van der Waals surface area contributed by atoms with Crippen molar-refractivity contribution in [3.63, 3.8) is 0 Å². The Kier molecular flexibility index (Phi) is 5.94. The molecule has 0 bridgehead atoms. The molecule has 3 heterocycles. The molecule has 1 fully saturated rings. The molecule has 3 aromatic rings. The fourth-order valence-corrected chi connectivity index (χ4v) is 3.89. The van der Waals surface area contributed by atoms with Crippen molar-refractivity contribution in [2.75, 3.05) is 19.6 Å². The van der Waals surface area contributed by atoms with Gasteiger partial charge in [0.1, 0.15) is 18.3 Å². The SMILES string of the molecule is Cc1ccc(CN2CCC(CNC(=O)Cn3cnc4onc(C)c4c3=O)CC2)cc1. The van der Waals surface area contributed by atoms with Crippen LogP contribution in [-0.4, -0.2) is 45.1 Å². The van der Waals surface area contributed by atoms with Gasteiger partial charge < -0.3 is 9.84 Å². The van der Waals surface area contributed by atoms with E-state index in [1.165, 1.54) is 22.0 Å². The fraction of sp³-hybridized carbons (Fsp3) is 0.455. The summed E-state index contributed by atoms with van der Waals surface area (Å²) in [4.78, 5) is 31.4. The number of amides is 1. The van der Waals surface area contributed by atoms with Gasteiger partial charge in [-0.15, -0.1) is 0 Å². The number of aryl methyl sites for hydroxylation is 2. The number of fused-ring (bicyclic) bond motifs is 1. The molecule has 2 aromatic heterocycles. The maximum absolute atomic E-state index is 12.5. The highest BCUT2D eigenvalue weighted by Crippen LogP contribution is 2.18. The first kappa shape index (κ1) is 20.3. The van der Waals surface area contributed by atoms with Gasteiger partial charge in [-0.25, -0.2) is 4.98 Å². The lowest BCUT2D eigenvalue weighted by atomic mass is 9.96. The topological polar surface area (TPSA) is 93.3 Å². The summed E-state index contributed by atoms with van der Waals surface area (Å²) in [5.41, 5.74) is 2.99. The second-order valence-corrected chi connectivity index (χ2v) is 8.13. The van der Waals surface area contributed by atoms with Crippen molar-refractivity contribution in [3.05, 3.63) is 57.8 Å². The molecule has 1 aromatic carbocycles. The number of benzene rings is 1. The largest absolute Gasteiger partial charge is 0.354 e. The maximum atomic E-state index is 12.5. The van der Waals surface area contributed by atoms with E-state index in [0.29, 0.717) is 23.5 Å². The average molecular weight is 409 g/mol. The third kappa shape index (κ3) is 4.59. The quantitative estimate of drug-likeness (QED) is 0.670. The van der Waals surface area contributed by atoms with E-state index in [2.05, 4.69) is 51.5 Å². The zero-order chi connectivity index (χ0) is 21.1. The molecule has 1 aliphatic heterocycles. The molecule has 0 saturated carbocycles. The van der Waals surface area contributed by atoms with E-state index < -0.39 is 0 Å². The molecule has 1 aliphatic rings. The Morgan fingerprint density at radius 1 is 1.20 bits per heavy atom. The molecular weight excluding hydrogens is 382 g/mol. The van der Waals surface area contributed by atoms with Crippen LogP contribution in [0.5, 0.6) is 0 Å². The van der Waals surface area contributed by atoms with Gasteiger partial charge in [-0.3, -0.25) is 19.1 Å². The van der Waals surface area contributed by atoms with E-state index in [4.69, 9.17) is 4.52 Å². The van der Waals surface area contributed by atoms with Crippen molar-refractivity contribution in [1.29, 1.82) is 0 Å². The molecule has 0 aliphatic carbocycles. The predicted octanol–water partition coefficient (Wildman–Crippen LogP) is 2.03. The lowest BCUT2D eigenvalue weighted by Crippen LogP contribution is -2.40. The lowest BCUT2D eigenvalue weighted by molar-refractivity contribution is -0.122. The van der Waals surface area contributed by atoms with Crippen LogP contribution in [0.3, 0.4) is 0 Å². The summed E-state index contributed by atoms with van der Waals surface area (Å²) in [6, 6.07) is 8.69. The standard InChI is InChI=1S/C22H27N5O3/c1-15-3-5-18(6-4-15)12-26-9-7-17(8-10-26)11-23-19(28)13-27-14-24-21-20(22(27)29)16(2)25-30-21/h3-6,14,17H,7-13H2,1-2H3,(H,23,28). The van der Waals surface area contributed by atoms with Crippen LogP contribution in [0, 0.1) is 19.8 Å². The van der Waals surface area contributed by atoms with E-state index >= 15 is 0 Å². The van der Waals surface area contributed by atoms with Crippen molar-refractivity contribution in [2.24, 2.45) is 5.92 Å². The van der Waals surface area contributed by atoms with Crippen LogP contribution in [-0.2, 0) is 17.9 Å². The summed E-state index contributed by atoms with van der Waals surface area (Å²) in [6.45, 7) is 7.39. The number of hydrogen-bond acceptors (Lipinski definition) is 6. The Hall–Kier alpha value is -3.00. The van der Waals surface area contributed by atoms with Gasteiger partial charge in [-0.05, 0) is 51.3 Å². The molecule has 1 N–H and O–H groups in total. The monoisotopic (exact) mass is 409 g/mol. The summed E-state index contributed by atoms with van der Waals surface area (Å²) in [7, 11) is 0. The number of rotatable bonds is 6. The number of piperidine rings is 1. The van der Waals surface area contributed by atoms with Gasteiger partial charge in [-0.1, -0.05) is 35.0 Å². The van der Waals surface area contributed by atoms with Crippen molar-refractivity contribution in [3.8, 4) is 0 Å². The van der Waals surface area contributed by atoms with E-state index in [1.807, 2.05) is 0 Å². The number of likely N-dealkylation sites (tertiary alicyclic amines) is 1. The van der Waals surface area contributed by atoms with Crippen molar-refractivity contribution in [1.82, 2.24) is 24.9 Å². The van der Waals surface area contributed by atoms with E-state index in [0.717, 1.165) is 32.5 Å². The summed E-state index contributed by atoms with van der Waals surface area (Å²) < 4.78 is 6.29. The number of carbonyl (C=O) groups is 1. The fourth-order valence-electron chi connectivity index (χ4n) is 3.89. The molecule has 158 valence electrons. The molecule has 1 amide bonds. The van der Waals surface area contributed by atoms with Crippen LogP contribution in [0.15, 0.2) is 39.9 Å². The van der Waals surface area contributed by atoms with E-state index in [-0.39, 0.29) is 23.7 Å². The maximum Gasteiger partial charge on any atom is 0.267 e. The third-order valence-corrected chi connectivity index (χ3v) is 5.77. The number of hydrogen-bond donors (Lipinski definition) is 1. The van der Waals surface area contributed by atoms with Gasteiger partial charge in [0.05, 0.1) is 5.69 Å². The molecule has 0 unspecified atom stereocenters. The molecule has 4 rings (SSSR count). The zero-order valence-corrected chi connectivity index (χ0v) is 17.4. The smallest absolute Gasteiger partial charge is 0.267 e. The highest BCUT2D eigenvalue weighted by Gasteiger charge is 2.20. The first-order valence-electron chi connectivity index (χ1n) is 10.4. The molecule has 0 spiro atoms. The number of nitrogens with one attached hydrogen (secondary N) is 1. The van der Waals surface area contributed by atoms with Crippen LogP contribution in [0.25, 0.3) is 11.1 Å². The first-order valence-corrected chi connectivity index (χ1v) is 10.4. The summed E-state index contributed by atoms with van der Waals surface area (Å²) in [6.07, 6.45) is 3.44. The van der Waals surface area contributed by atoms with Crippen LogP contribution in [0.4, 0.5) is 0 Å². The zero-order valence-electron chi connectivity index (χ0n) is 17.4. The third-order valence-electron chi connectivity index (χ3n) is 5.77. The minimum atomic E-state index is -0.307. The normalized spacial score (nSPS) is 15.5. The molecule has 1 saturated heterocycles. The van der Waals surface area contributed by atoms with Gasteiger partial charge in [-0.2, -0.15) is 0 Å². The Morgan fingerprint density at radius 3 is 2.67 bits per heavy atom. The molecule has 0 radical (unpaired) electrons. The molecule has 8 heteroatoms. The molecular formula is C22H27N5O3. The summed E-state index contributed by atoms with van der Waals surface area (Å²) >= 11 is 0. The Morgan fingerprint density at radius 2 is 1.93 bits per heavy atom. The lowest BCUT2D eigenvalue weighted by Gasteiger charge is -2.32. The average Bonchev–Trinajstić information content (AvgIpc) is 3.13. The van der Waals surface area contributed by atoms with Crippen LogP contribution >= 0.6 is 0 Å². The van der Waals surface area contributed by atoms with Crippen molar-refractivity contribution in [2.45, 2.75) is 39.8 Å². The Balaban J connectivity index is 1.24. The van der Waals surface area contributed by atoms with Crippen LogP contribution < -0.4 is 10.9 Å². The second kappa shape index (κ2) is 8.79.